The van der Waals surface area contributed by atoms with Gasteiger partial charge in [-0.25, -0.2) is 4.98 Å². The van der Waals surface area contributed by atoms with Gasteiger partial charge >= 0.3 is 0 Å². The molecular formula is C28H28N2O3. The zero-order valence-corrected chi connectivity index (χ0v) is 19.4. The third kappa shape index (κ3) is 4.40. The van der Waals surface area contributed by atoms with E-state index in [0.717, 1.165) is 46.1 Å². The van der Waals surface area contributed by atoms with Crippen molar-refractivity contribution in [2.45, 2.75) is 26.7 Å². The highest BCUT2D eigenvalue weighted by molar-refractivity contribution is 6.13. The van der Waals surface area contributed by atoms with Crippen LogP contribution in [-0.2, 0) is 12.8 Å². The number of hydrogen-bond donors (Lipinski definition) is 1. The number of pyridine rings is 1. The SMILES string of the molecule is CCc1cccc(CC)c1NC(=O)c1cc(-c2ccc(OC)c(OC)c2)nc2ccccc12. The Labute approximate surface area is 194 Å². The summed E-state index contributed by atoms with van der Waals surface area (Å²) < 4.78 is 10.8. The fourth-order valence-electron chi connectivity index (χ4n) is 4.09. The molecule has 4 rings (SSSR count). The number of methoxy groups -OCH3 is 2. The highest BCUT2D eigenvalue weighted by atomic mass is 16.5. The summed E-state index contributed by atoms with van der Waals surface area (Å²) in [6.45, 7) is 4.20. The van der Waals surface area contributed by atoms with Gasteiger partial charge in [0.15, 0.2) is 11.5 Å². The van der Waals surface area contributed by atoms with Gasteiger partial charge < -0.3 is 14.8 Å². The van der Waals surface area contributed by atoms with Crippen molar-refractivity contribution in [1.29, 1.82) is 0 Å². The quantitative estimate of drug-likeness (QED) is 0.367. The minimum atomic E-state index is -0.147. The number of benzene rings is 3. The lowest BCUT2D eigenvalue weighted by atomic mass is 10.0. The highest BCUT2D eigenvalue weighted by Crippen LogP contribution is 2.33. The van der Waals surface area contributed by atoms with Crippen LogP contribution in [0.1, 0.15) is 35.3 Å². The molecule has 0 bridgehead atoms. The lowest BCUT2D eigenvalue weighted by Gasteiger charge is -2.16. The van der Waals surface area contributed by atoms with Crippen molar-refractivity contribution in [3.05, 3.63) is 83.4 Å². The van der Waals surface area contributed by atoms with Crippen molar-refractivity contribution in [2.75, 3.05) is 19.5 Å². The number of carbonyl (C=O) groups excluding carboxylic acids is 1. The van der Waals surface area contributed by atoms with Crippen molar-refractivity contribution in [3.8, 4) is 22.8 Å². The molecule has 0 saturated heterocycles. The van der Waals surface area contributed by atoms with Crippen molar-refractivity contribution in [3.63, 3.8) is 0 Å². The number of aryl methyl sites for hydroxylation is 2. The average Bonchev–Trinajstić information content (AvgIpc) is 2.87. The number of nitrogens with zero attached hydrogens (tertiary/aromatic N) is 1. The summed E-state index contributed by atoms with van der Waals surface area (Å²) in [6, 6.07) is 21.4. The molecule has 5 nitrogen and oxygen atoms in total. The third-order valence-electron chi connectivity index (χ3n) is 5.88. The number of para-hydroxylation sites is 2. The van der Waals surface area contributed by atoms with Gasteiger partial charge in [0.2, 0.25) is 0 Å². The second-order valence-electron chi connectivity index (χ2n) is 7.75. The van der Waals surface area contributed by atoms with Gasteiger partial charge in [0.25, 0.3) is 5.91 Å². The highest BCUT2D eigenvalue weighted by Gasteiger charge is 2.17. The lowest BCUT2D eigenvalue weighted by Crippen LogP contribution is -2.16. The smallest absolute Gasteiger partial charge is 0.256 e. The number of fused-ring (bicyclic) bond motifs is 1. The van der Waals surface area contributed by atoms with Crippen LogP contribution in [0.5, 0.6) is 11.5 Å². The molecule has 1 aromatic heterocycles. The van der Waals surface area contributed by atoms with Crippen LogP contribution in [0.15, 0.2) is 66.7 Å². The van der Waals surface area contributed by atoms with E-state index in [0.29, 0.717) is 22.8 Å². The second kappa shape index (κ2) is 9.74. The first kappa shape index (κ1) is 22.3. The monoisotopic (exact) mass is 440 g/mol. The first-order valence-electron chi connectivity index (χ1n) is 11.1. The molecule has 0 aliphatic heterocycles. The van der Waals surface area contributed by atoms with E-state index < -0.39 is 0 Å². The third-order valence-corrected chi connectivity index (χ3v) is 5.88. The number of aromatic nitrogens is 1. The summed E-state index contributed by atoms with van der Waals surface area (Å²) in [4.78, 5) is 18.4. The van der Waals surface area contributed by atoms with Gasteiger partial charge in [0, 0.05) is 16.6 Å². The molecule has 1 amide bonds. The number of ether oxygens (including phenoxy) is 2. The molecule has 0 radical (unpaired) electrons. The molecule has 0 unspecified atom stereocenters. The van der Waals surface area contributed by atoms with Crippen LogP contribution in [-0.4, -0.2) is 25.1 Å². The maximum Gasteiger partial charge on any atom is 0.256 e. The Bertz CT molecular complexity index is 1290. The van der Waals surface area contributed by atoms with E-state index in [4.69, 9.17) is 14.5 Å². The van der Waals surface area contributed by atoms with E-state index >= 15 is 0 Å². The molecule has 3 aromatic carbocycles. The molecule has 0 aliphatic rings. The van der Waals surface area contributed by atoms with Gasteiger partial charge in [-0.2, -0.15) is 0 Å². The Morgan fingerprint density at radius 2 is 1.55 bits per heavy atom. The second-order valence-corrected chi connectivity index (χ2v) is 7.75. The number of carbonyl (C=O) groups is 1. The van der Waals surface area contributed by atoms with E-state index in [9.17, 15) is 4.79 Å². The fraction of sp³-hybridized carbons (Fsp3) is 0.214. The Balaban J connectivity index is 1.83. The zero-order chi connectivity index (χ0) is 23.4. The van der Waals surface area contributed by atoms with Gasteiger partial charge in [-0.1, -0.05) is 50.2 Å². The van der Waals surface area contributed by atoms with Gasteiger partial charge in [-0.3, -0.25) is 4.79 Å². The number of hydrogen-bond acceptors (Lipinski definition) is 4. The topological polar surface area (TPSA) is 60.5 Å². The number of anilines is 1. The normalized spacial score (nSPS) is 10.8. The molecule has 168 valence electrons. The molecule has 0 saturated carbocycles. The van der Waals surface area contributed by atoms with Crippen molar-refractivity contribution in [2.24, 2.45) is 0 Å². The van der Waals surface area contributed by atoms with E-state index in [1.165, 1.54) is 0 Å². The van der Waals surface area contributed by atoms with Crippen LogP contribution < -0.4 is 14.8 Å². The van der Waals surface area contributed by atoms with Crippen LogP contribution in [0.25, 0.3) is 22.2 Å². The summed E-state index contributed by atoms with van der Waals surface area (Å²) >= 11 is 0. The number of nitrogens with one attached hydrogen (secondary N) is 1. The predicted octanol–water partition coefficient (Wildman–Crippen LogP) is 6.30. The lowest BCUT2D eigenvalue weighted by molar-refractivity contribution is 0.102. The zero-order valence-electron chi connectivity index (χ0n) is 19.4. The fourth-order valence-corrected chi connectivity index (χ4v) is 4.09. The summed E-state index contributed by atoms with van der Waals surface area (Å²) in [7, 11) is 3.21. The molecule has 1 heterocycles. The first-order valence-corrected chi connectivity index (χ1v) is 11.1. The van der Waals surface area contributed by atoms with Crippen molar-refractivity contribution >= 4 is 22.5 Å². The van der Waals surface area contributed by atoms with Crippen molar-refractivity contribution in [1.82, 2.24) is 4.98 Å². The molecular weight excluding hydrogens is 412 g/mol. The van der Waals surface area contributed by atoms with Crippen LogP contribution in [0.2, 0.25) is 0 Å². The standard InChI is InChI=1S/C28H28N2O3/c1-5-18-10-9-11-19(6-2)27(18)30-28(31)22-17-24(29-23-13-8-7-12-21(22)23)20-14-15-25(32-3)26(16-20)33-4/h7-17H,5-6H2,1-4H3,(H,30,31). The minimum Gasteiger partial charge on any atom is -0.493 e. The van der Waals surface area contributed by atoms with Crippen LogP contribution in [0, 0.1) is 0 Å². The van der Waals surface area contributed by atoms with Gasteiger partial charge in [0.05, 0.1) is 31.0 Å². The Morgan fingerprint density at radius 3 is 2.21 bits per heavy atom. The Hall–Kier alpha value is -3.86. The molecule has 0 fully saturated rings. The molecule has 1 N–H and O–H groups in total. The first-order chi connectivity index (χ1) is 16.1. The maximum atomic E-state index is 13.6. The van der Waals surface area contributed by atoms with E-state index in [2.05, 4.69) is 31.3 Å². The largest absolute Gasteiger partial charge is 0.493 e. The number of rotatable bonds is 7. The minimum absolute atomic E-state index is 0.147. The van der Waals surface area contributed by atoms with E-state index in [-0.39, 0.29) is 5.91 Å². The molecule has 5 heteroatoms. The average molecular weight is 441 g/mol. The summed E-state index contributed by atoms with van der Waals surface area (Å²) in [5, 5.41) is 4.01. The van der Waals surface area contributed by atoms with Crippen LogP contribution in [0.3, 0.4) is 0 Å². The molecule has 0 aliphatic carbocycles. The molecule has 0 atom stereocenters. The van der Waals surface area contributed by atoms with E-state index in [1.54, 1.807) is 14.2 Å². The molecule has 0 spiro atoms. The Kier molecular flexibility index (Phi) is 6.59. The Morgan fingerprint density at radius 1 is 0.848 bits per heavy atom. The van der Waals surface area contributed by atoms with Gasteiger partial charge in [0.1, 0.15) is 0 Å². The maximum absolute atomic E-state index is 13.6. The van der Waals surface area contributed by atoms with Crippen LogP contribution in [0.4, 0.5) is 5.69 Å². The molecule has 4 aromatic rings. The van der Waals surface area contributed by atoms with E-state index in [1.807, 2.05) is 54.6 Å². The van der Waals surface area contributed by atoms with Crippen molar-refractivity contribution < 1.29 is 14.3 Å². The summed E-state index contributed by atoms with van der Waals surface area (Å²) in [5.74, 6) is 1.11. The van der Waals surface area contributed by atoms with Gasteiger partial charge in [-0.15, -0.1) is 0 Å². The summed E-state index contributed by atoms with van der Waals surface area (Å²) in [6.07, 6.45) is 1.69. The molecule has 33 heavy (non-hydrogen) atoms. The number of amides is 1. The van der Waals surface area contributed by atoms with Crippen LogP contribution >= 0.6 is 0 Å². The summed E-state index contributed by atoms with van der Waals surface area (Å²) in [5.41, 5.74) is 6.03. The van der Waals surface area contributed by atoms with Gasteiger partial charge in [-0.05, 0) is 54.3 Å². The predicted molar refractivity (Wildman–Crippen MR) is 133 cm³/mol.